The zero-order valence-electron chi connectivity index (χ0n) is 15.9. The molecular formula is C21H19ClFN3O2S. The number of hydrogen-bond acceptors (Lipinski definition) is 4. The number of rotatable bonds is 6. The van der Waals surface area contributed by atoms with Crippen LogP contribution in [0.3, 0.4) is 0 Å². The summed E-state index contributed by atoms with van der Waals surface area (Å²) in [5, 5.41) is 7.72. The Morgan fingerprint density at radius 1 is 1.24 bits per heavy atom. The van der Waals surface area contributed by atoms with Gasteiger partial charge < -0.3 is 5.32 Å². The molecule has 1 N–H and O–H groups in total. The molecule has 0 bridgehead atoms. The fraction of sp³-hybridized carbons (Fsp3) is 0.190. The molecule has 5 nitrogen and oxygen atoms in total. The van der Waals surface area contributed by atoms with Gasteiger partial charge in [-0.15, -0.1) is 0 Å². The summed E-state index contributed by atoms with van der Waals surface area (Å²) >= 11 is 7.54. The monoisotopic (exact) mass is 431 g/mol. The standard InChI is InChI=1S/C21H19ClFN3O2S/c1-13(12-29-2)24-20(27)18-11-19(14-6-8-15(22)9-7-14)25-26(21(18)28)17-5-3-4-16(23)10-17/h3-11,13H,12H2,1-2H3,(H,24,27)/t13-/m0/s1. The molecule has 2 aromatic carbocycles. The summed E-state index contributed by atoms with van der Waals surface area (Å²) < 4.78 is 14.8. The Morgan fingerprint density at radius 2 is 1.97 bits per heavy atom. The van der Waals surface area contributed by atoms with Crippen molar-refractivity contribution in [3.8, 4) is 16.9 Å². The minimum absolute atomic E-state index is 0.0674. The second-order valence-electron chi connectivity index (χ2n) is 6.48. The second-order valence-corrected chi connectivity index (χ2v) is 7.82. The molecule has 29 heavy (non-hydrogen) atoms. The van der Waals surface area contributed by atoms with E-state index in [9.17, 15) is 14.0 Å². The maximum atomic E-state index is 13.7. The molecule has 0 saturated carbocycles. The number of hydrogen-bond donors (Lipinski definition) is 1. The fourth-order valence-corrected chi connectivity index (χ4v) is 3.50. The zero-order chi connectivity index (χ0) is 21.0. The highest BCUT2D eigenvalue weighted by Crippen LogP contribution is 2.20. The minimum Gasteiger partial charge on any atom is -0.349 e. The Kier molecular flexibility index (Phi) is 6.71. The second kappa shape index (κ2) is 9.24. The van der Waals surface area contributed by atoms with Gasteiger partial charge in [0.15, 0.2) is 0 Å². The molecule has 3 rings (SSSR count). The first-order valence-corrected chi connectivity index (χ1v) is 10.6. The number of nitrogens with zero attached hydrogens (tertiary/aromatic N) is 2. The van der Waals surface area contributed by atoms with E-state index in [0.29, 0.717) is 22.0 Å². The number of nitrogens with one attached hydrogen (secondary N) is 1. The Labute approximate surface area is 176 Å². The van der Waals surface area contributed by atoms with Crippen LogP contribution in [0.2, 0.25) is 5.02 Å². The summed E-state index contributed by atoms with van der Waals surface area (Å²) in [6.07, 6.45) is 1.94. The molecule has 1 amide bonds. The van der Waals surface area contributed by atoms with E-state index in [1.165, 1.54) is 24.3 Å². The molecule has 0 aliphatic rings. The maximum Gasteiger partial charge on any atom is 0.284 e. The van der Waals surface area contributed by atoms with Gasteiger partial charge >= 0.3 is 0 Å². The van der Waals surface area contributed by atoms with Crippen LogP contribution in [0.1, 0.15) is 17.3 Å². The molecule has 0 radical (unpaired) electrons. The number of carbonyl (C=O) groups excluding carboxylic acids is 1. The van der Waals surface area contributed by atoms with Crippen molar-refractivity contribution in [2.24, 2.45) is 0 Å². The summed E-state index contributed by atoms with van der Waals surface area (Å²) in [6.45, 7) is 1.86. The molecule has 8 heteroatoms. The molecule has 0 spiro atoms. The number of thioether (sulfide) groups is 1. The van der Waals surface area contributed by atoms with Gasteiger partial charge in [-0.05, 0) is 49.6 Å². The van der Waals surface area contributed by atoms with Crippen molar-refractivity contribution in [2.75, 3.05) is 12.0 Å². The lowest BCUT2D eigenvalue weighted by Gasteiger charge is -2.14. The molecule has 0 fully saturated rings. The van der Waals surface area contributed by atoms with Gasteiger partial charge in [0, 0.05) is 22.4 Å². The van der Waals surface area contributed by atoms with Gasteiger partial charge in [0.05, 0.1) is 11.4 Å². The van der Waals surface area contributed by atoms with Crippen LogP contribution in [0.25, 0.3) is 16.9 Å². The molecule has 1 aromatic heterocycles. The molecule has 1 heterocycles. The van der Waals surface area contributed by atoms with E-state index >= 15 is 0 Å². The van der Waals surface area contributed by atoms with Crippen molar-refractivity contribution >= 4 is 29.3 Å². The van der Waals surface area contributed by atoms with Crippen LogP contribution in [0.5, 0.6) is 0 Å². The van der Waals surface area contributed by atoms with Crippen molar-refractivity contribution in [1.82, 2.24) is 15.1 Å². The van der Waals surface area contributed by atoms with Crippen LogP contribution < -0.4 is 10.9 Å². The van der Waals surface area contributed by atoms with Gasteiger partial charge in [-0.1, -0.05) is 29.8 Å². The number of amides is 1. The normalized spacial score (nSPS) is 11.9. The van der Waals surface area contributed by atoms with Gasteiger partial charge in [-0.25, -0.2) is 4.39 Å². The quantitative estimate of drug-likeness (QED) is 0.636. The third-order valence-corrected chi connectivity index (χ3v) is 5.23. The SMILES string of the molecule is CSC[C@H](C)NC(=O)c1cc(-c2ccc(Cl)cc2)nn(-c2cccc(F)c2)c1=O. The molecule has 3 aromatic rings. The highest BCUT2D eigenvalue weighted by atomic mass is 35.5. The van der Waals surface area contributed by atoms with Crippen LogP contribution in [-0.4, -0.2) is 33.7 Å². The third-order valence-electron chi connectivity index (χ3n) is 4.14. The van der Waals surface area contributed by atoms with Gasteiger partial charge in [-0.3, -0.25) is 9.59 Å². The Hall–Kier alpha value is -2.64. The summed E-state index contributed by atoms with van der Waals surface area (Å²) in [5.41, 5.74) is 0.611. The molecule has 0 aliphatic carbocycles. The molecular weight excluding hydrogens is 413 g/mol. The lowest BCUT2D eigenvalue weighted by Crippen LogP contribution is -2.39. The van der Waals surface area contributed by atoms with E-state index in [2.05, 4.69) is 10.4 Å². The van der Waals surface area contributed by atoms with Crippen LogP contribution in [-0.2, 0) is 0 Å². The van der Waals surface area contributed by atoms with E-state index < -0.39 is 17.3 Å². The maximum absolute atomic E-state index is 13.7. The van der Waals surface area contributed by atoms with Crippen molar-refractivity contribution in [2.45, 2.75) is 13.0 Å². The van der Waals surface area contributed by atoms with Crippen LogP contribution in [0.4, 0.5) is 4.39 Å². The van der Waals surface area contributed by atoms with E-state index in [4.69, 9.17) is 11.6 Å². The minimum atomic E-state index is -0.623. The smallest absolute Gasteiger partial charge is 0.284 e. The molecule has 1 atom stereocenters. The van der Waals surface area contributed by atoms with E-state index in [1.807, 2.05) is 13.2 Å². The van der Waals surface area contributed by atoms with Gasteiger partial charge in [-0.2, -0.15) is 21.5 Å². The molecule has 150 valence electrons. The first kappa shape index (κ1) is 21.1. The van der Waals surface area contributed by atoms with E-state index in [1.54, 1.807) is 42.1 Å². The lowest BCUT2D eigenvalue weighted by atomic mass is 10.1. The molecule has 0 saturated heterocycles. The number of benzene rings is 2. The van der Waals surface area contributed by atoms with Crippen LogP contribution in [0, 0.1) is 5.82 Å². The Morgan fingerprint density at radius 3 is 2.62 bits per heavy atom. The highest BCUT2D eigenvalue weighted by molar-refractivity contribution is 7.98. The van der Waals surface area contributed by atoms with Crippen LogP contribution >= 0.6 is 23.4 Å². The topological polar surface area (TPSA) is 64.0 Å². The fourth-order valence-electron chi connectivity index (χ4n) is 2.80. The summed E-state index contributed by atoms with van der Waals surface area (Å²) in [5.74, 6) is -0.300. The zero-order valence-corrected chi connectivity index (χ0v) is 17.4. The molecule has 0 aliphatic heterocycles. The van der Waals surface area contributed by atoms with Gasteiger partial charge in [0.2, 0.25) is 0 Å². The first-order valence-electron chi connectivity index (χ1n) is 8.85. The highest BCUT2D eigenvalue weighted by Gasteiger charge is 2.19. The van der Waals surface area contributed by atoms with Gasteiger partial charge in [0.1, 0.15) is 11.4 Å². The van der Waals surface area contributed by atoms with Crippen molar-refractivity contribution in [3.05, 3.63) is 81.4 Å². The summed E-state index contributed by atoms with van der Waals surface area (Å²) in [4.78, 5) is 25.8. The Balaban J connectivity index is 2.15. The van der Waals surface area contributed by atoms with E-state index in [-0.39, 0.29) is 17.3 Å². The average molecular weight is 432 g/mol. The van der Waals surface area contributed by atoms with Crippen molar-refractivity contribution < 1.29 is 9.18 Å². The lowest BCUT2D eigenvalue weighted by molar-refractivity contribution is 0.0941. The predicted molar refractivity (Wildman–Crippen MR) is 116 cm³/mol. The summed E-state index contributed by atoms with van der Waals surface area (Å²) in [6, 6.07) is 13.7. The van der Waals surface area contributed by atoms with E-state index in [0.717, 1.165) is 4.68 Å². The number of halogens is 2. The summed E-state index contributed by atoms with van der Waals surface area (Å²) in [7, 11) is 0. The largest absolute Gasteiger partial charge is 0.349 e. The van der Waals surface area contributed by atoms with Crippen molar-refractivity contribution in [1.29, 1.82) is 0 Å². The Bertz CT molecular complexity index is 1090. The van der Waals surface area contributed by atoms with Crippen LogP contribution in [0.15, 0.2) is 59.4 Å². The van der Waals surface area contributed by atoms with Crippen molar-refractivity contribution in [3.63, 3.8) is 0 Å². The predicted octanol–water partition coefficient (Wildman–Crippen LogP) is 4.17. The number of aromatic nitrogens is 2. The molecule has 0 unspecified atom stereocenters. The number of carbonyl (C=O) groups is 1. The first-order chi connectivity index (χ1) is 13.9. The average Bonchev–Trinajstić information content (AvgIpc) is 2.69. The third kappa shape index (κ3) is 5.05. The van der Waals surface area contributed by atoms with Gasteiger partial charge in [0.25, 0.3) is 11.5 Å².